The van der Waals surface area contributed by atoms with Gasteiger partial charge in [0.25, 0.3) is 0 Å². The third kappa shape index (κ3) is 3.88. The van der Waals surface area contributed by atoms with Gasteiger partial charge in [0.05, 0.1) is 5.69 Å². The molecule has 166 valence electrons. The van der Waals surface area contributed by atoms with Gasteiger partial charge in [-0.1, -0.05) is 55.2 Å². The summed E-state index contributed by atoms with van der Waals surface area (Å²) in [5.41, 5.74) is 7.50. The van der Waals surface area contributed by atoms with Crippen molar-refractivity contribution in [3.63, 3.8) is 0 Å². The van der Waals surface area contributed by atoms with Gasteiger partial charge in [0.2, 0.25) is 0 Å². The van der Waals surface area contributed by atoms with E-state index in [1.54, 1.807) is 0 Å². The largest absolute Gasteiger partial charge is 0.396 e. The van der Waals surface area contributed by atoms with Gasteiger partial charge in [-0.2, -0.15) is 5.10 Å². The van der Waals surface area contributed by atoms with Crippen molar-refractivity contribution in [2.24, 2.45) is 7.05 Å². The molecule has 0 aliphatic heterocycles. The van der Waals surface area contributed by atoms with E-state index in [-0.39, 0.29) is 12.5 Å². The minimum atomic E-state index is 0.175. The number of hydrogen-bond acceptors (Lipinski definition) is 2. The predicted molar refractivity (Wildman–Crippen MR) is 131 cm³/mol. The molecule has 0 amide bonds. The smallest absolute Gasteiger partial charge is 0.0679 e. The van der Waals surface area contributed by atoms with Crippen LogP contribution < -0.4 is 0 Å². The molecule has 0 spiro atoms. The van der Waals surface area contributed by atoms with Crippen LogP contribution in [0.15, 0.2) is 60.9 Å². The van der Waals surface area contributed by atoms with E-state index < -0.39 is 0 Å². The molecule has 0 bridgehead atoms. The highest BCUT2D eigenvalue weighted by atomic mass is 16.3. The Balaban J connectivity index is 1.70. The molecule has 1 aliphatic rings. The van der Waals surface area contributed by atoms with Crippen molar-refractivity contribution in [1.29, 1.82) is 0 Å². The molecule has 1 saturated carbocycles. The summed E-state index contributed by atoms with van der Waals surface area (Å²) < 4.78 is 4.47. The van der Waals surface area contributed by atoms with Gasteiger partial charge < -0.3 is 9.67 Å². The Morgan fingerprint density at radius 2 is 1.91 bits per heavy atom. The number of aliphatic hydroxyl groups is 1. The molecule has 4 aromatic rings. The Kier molecular flexibility index (Phi) is 5.88. The van der Waals surface area contributed by atoms with Crippen LogP contribution >= 0.6 is 0 Å². The van der Waals surface area contributed by atoms with Gasteiger partial charge in [-0.05, 0) is 55.5 Å². The fraction of sp³-hybridized carbons (Fsp3) is 0.393. The molecule has 2 aromatic heterocycles. The van der Waals surface area contributed by atoms with Gasteiger partial charge in [-0.3, -0.25) is 4.68 Å². The summed E-state index contributed by atoms with van der Waals surface area (Å²) in [6, 6.07) is 18.3. The first-order chi connectivity index (χ1) is 15.7. The zero-order chi connectivity index (χ0) is 22.1. The van der Waals surface area contributed by atoms with E-state index >= 15 is 0 Å². The lowest BCUT2D eigenvalue weighted by Crippen LogP contribution is -2.12. The van der Waals surface area contributed by atoms with Gasteiger partial charge in [-0.15, -0.1) is 0 Å². The van der Waals surface area contributed by atoms with E-state index in [2.05, 4.69) is 71.3 Å². The molecule has 5 rings (SSSR count). The second kappa shape index (κ2) is 8.95. The second-order valence-electron chi connectivity index (χ2n) is 9.33. The SMILES string of the molecule is Cc1cccc(C(CCO)c2cn(C3CCCCC3)c3ccc(-c4ccnn4C)cc23)c1. The summed E-state index contributed by atoms with van der Waals surface area (Å²) in [7, 11) is 1.99. The minimum Gasteiger partial charge on any atom is -0.396 e. The standard InChI is InChI=1S/C28H33N3O/c1-20-7-6-8-21(17-20)24(14-16-32)26-19-31(23-9-4-3-5-10-23)28-12-11-22(18-25(26)28)27-13-15-29-30(27)2/h6-8,11-13,15,17-19,23-24,32H,3-5,9-10,14,16H2,1-2H3. The number of nitrogens with zero attached hydrogens (tertiary/aromatic N) is 3. The maximum Gasteiger partial charge on any atom is 0.0679 e. The molecule has 1 fully saturated rings. The molecular formula is C28H33N3O. The van der Waals surface area contributed by atoms with Crippen molar-refractivity contribution in [1.82, 2.24) is 14.3 Å². The summed E-state index contributed by atoms with van der Waals surface area (Å²) >= 11 is 0. The van der Waals surface area contributed by atoms with E-state index in [1.807, 2.05) is 17.9 Å². The zero-order valence-corrected chi connectivity index (χ0v) is 19.2. The Morgan fingerprint density at radius 1 is 1.06 bits per heavy atom. The lowest BCUT2D eigenvalue weighted by atomic mass is 9.87. The van der Waals surface area contributed by atoms with E-state index in [9.17, 15) is 5.11 Å². The van der Waals surface area contributed by atoms with Crippen LogP contribution in [0.1, 0.15) is 67.2 Å². The average Bonchev–Trinajstić information content (AvgIpc) is 3.41. The highest BCUT2D eigenvalue weighted by Crippen LogP contribution is 2.40. The normalized spacial score (nSPS) is 16.0. The van der Waals surface area contributed by atoms with E-state index in [0.29, 0.717) is 6.04 Å². The summed E-state index contributed by atoms with van der Waals surface area (Å²) in [6.07, 6.45) is 11.5. The van der Waals surface area contributed by atoms with Crippen LogP contribution in [0, 0.1) is 6.92 Å². The second-order valence-corrected chi connectivity index (χ2v) is 9.33. The monoisotopic (exact) mass is 427 g/mol. The van der Waals surface area contributed by atoms with E-state index in [0.717, 1.165) is 12.1 Å². The Labute approximate surface area is 190 Å². The van der Waals surface area contributed by atoms with Crippen LogP contribution in [0.25, 0.3) is 22.2 Å². The summed E-state index contributed by atoms with van der Waals surface area (Å²) in [5.74, 6) is 0.175. The number of benzene rings is 2. The summed E-state index contributed by atoms with van der Waals surface area (Å²) in [6.45, 7) is 2.32. The molecular weight excluding hydrogens is 394 g/mol. The molecule has 2 heterocycles. The molecule has 0 radical (unpaired) electrons. The Bertz CT molecular complexity index is 1210. The Morgan fingerprint density at radius 3 is 2.62 bits per heavy atom. The maximum absolute atomic E-state index is 9.98. The fourth-order valence-electron chi connectivity index (χ4n) is 5.55. The van der Waals surface area contributed by atoms with Crippen LogP contribution in [0.4, 0.5) is 0 Å². The van der Waals surface area contributed by atoms with Crippen LogP contribution in [0.5, 0.6) is 0 Å². The topological polar surface area (TPSA) is 43.0 Å². The van der Waals surface area contributed by atoms with Crippen LogP contribution in [-0.2, 0) is 7.05 Å². The number of fused-ring (bicyclic) bond motifs is 1. The van der Waals surface area contributed by atoms with Crippen LogP contribution in [0.2, 0.25) is 0 Å². The third-order valence-corrected chi connectivity index (χ3v) is 7.19. The molecule has 0 saturated heterocycles. The first-order valence-corrected chi connectivity index (χ1v) is 12.0. The van der Waals surface area contributed by atoms with Crippen molar-refractivity contribution < 1.29 is 5.11 Å². The number of aryl methyl sites for hydroxylation is 2. The summed E-state index contributed by atoms with van der Waals surface area (Å²) in [5, 5.41) is 15.7. The minimum absolute atomic E-state index is 0.175. The number of hydrogen-bond donors (Lipinski definition) is 1. The van der Waals surface area contributed by atoms with Crippen LogP contribution in [-0.4, -0.2) is 26.1 Å². The van der Waals surface area contributed by atoms with Crippen molar-refractivity contribution in [2.45, 2.75) is 57.4 Å². The number of rotatable bonds is 6. The predicted octanol–water partition coefficient (Wildman–Crippen LogP) is 6.37. The molecule has 1 N–H and O–H groups in total. The van der Waals surface area contributed by atoms with Crippen molar-refractivity contribution >= 4 is 10.9 Å². The molecule has 2 aromatic carbocycles. The Hall–Kier alpha value is -2.85. The van der Waals surface area contributed by atoms with Crippen molar-refractivity contribution in [2.75, 3.05) is 6.61 Å². The zero-order valence-electron chi connectivity index (χ0n) is 19.2. The van der Waals surface area contributed by atoms with Crippen molar-refractivity contribution in [3.05, 3.63) is 77.6 Å². The lowest BCUT2D eigenvalue weighted by Gasteiger charge is -2.24. The van der Waals surface area contributed by atoms with Gasteiger partial charge in [0, 0.05) is 54.5 Å². The number of aromatic nitrogens is 3. The first-order valence-electron chi connectivity index (χ1n) is 12.0. The molecule has 32 heavy (non-hydrogen) atoms. The maximum atomic E-state index is 9.98. The van der Waals surface area contributed by atoms with Crippen LogP contribution in [0.3, 0.4) is 0 Å². The van der Waals surface area contributed by atoms with Crippen molar-refractivity contribution in [3.8, 4) is 11.3 Å². The van der Waals surface area contributed by atoms with Gasteiger partial charge in [0.15, 0.2) is 0 Å². The van der Waals surface area contributed by atoms with Gasteiger partial charge >= 0.3 is 0 Å². The van der Waals surface area contributed by atoms with Gasteiger partial charge in [-0.25, -0.2) is 0 Å². The number of aliphatic hydroxyl groups excluding tert-OH is 1. The van der Waals surface area contributed by atoms with E-state index in [4.69, 9.17) is 0 Å². The third-order valence-electron chi connectivity index (χ3n) is 7.19. The lowest BCUT2D eigenvalue weighted by molar-refractivity contribution is 0.281. The molecule has 4 nitrogen and oxygen atoms in total. The average molecular weight is 428 g/mol. The molecule has 1 aliphatic carbocycles. The molecule has 4 heteroatoms. The first kappa shape index (κ1) is 21.0. The van der Waals surface area contributed by atoms with Gasteiger partial charge in [0.1, 0.15) is 0 Å². The molecule has 1 unspecified atom stereocenters. The highest BCUT2D eigenvalue weighted by molar-refractivity contribution is 5.89. The highest BCUT2D eigenvalue weighted by Gasteiger charge is 2.24. The summed E-state index contributed by atoms with van der Waals surface area (Å²) in [4.78, 5) is 0. The fourth-order valence-corrected chi connectivity index (χ4v) is 5.55. The molecule has 1 atom stereocenters. The van der Waals surface area contributed by atoms with E-state index in [1.165, 1.54) is 65.3 Å². The quantitative estimate of drug-likeness (QED) is 0.388.